The summed E-state index contributed by atoms with van der Waals surface area (Å²) in [6.45, 7) is -0.433. The van der Waals surface area contributed by atoms with Crippen LogP contribution in [0.4, 0.5) is 10.5 Å². The normalized spacial score (nSPS) is 30.8. The van der Waals surface area contributed by atoms with Gasteiger partial charge >= 0.3 is 6.09 Å². The lowest BCUT2D eigenvalue weighted by Gasteiger charge is -2.40. The lowest BCUT2D eigenvalue weighted by molar-refractivity contribution is -0.293. The van der Waals surface area contributed by atoms with Crippen LogP contribution in [0.15, 0.2) is 18.2 Å². The molecule has 0 spiro atoms. The van der Waals surface area contributed by atoms with E-state index in [4.69, 9.17) is 23.7 Å². The SMILES string of the molecule is CO[C@H]1O[C@H](CO)[C@H](OC(=O)Nc2ccc3c(c2)OCO3)[C@H](O)[C@H]1O. The zero-order chi connectivity index (χ0) is 18.0. The monoisotopic (exact) mass is 357 g/mol. The second-order valence-corrected chi connectivity index (χ2v) is 5.51. The first kappa shape index (κ1) is 17.7. The highest BCUT2D eigenvalue weighted by atomic mass is 16.7. The van der Waals surface area contributed by atoms with Gasteiger partial charge < -0.3 is 39.0 Å². The Morgan fingerprint density at radius 1 is 1.28 bits per heavy atom. The summed E-state index contributed by atoms with van der Waals surface area (Å²) in [5.41, 5.74) is 0.385. The number of rotatable bonds is 4. The Morgan fingerprint density at radius 3 is 2.76 bits per heavy atom. The molecule has 5 atom stereocenters. The number of anilines is 1. The lowest BCUT2D eigenvalue weighted by Crippen LogP contribution is -2.60. The highest BCUT2D eigenvalue weighted by Crippen LogP contribution is 2.34. The van der Waals surface area contributed by atoms with Crippen molar-refractivity contribution in [1.82, 2.24) is 0 Å². The minimum atomic E-state index is -1.49. The molecular formula is C15H19NO9. The lowest BCUT2D eigenvalue weighted by atomic mass is 9.99. The van der Waals surface area contributed by atoms with Gasteiger partial charge in [0.05, 0.1) is 6.61 Å². The van der Waals surface area contributed by atoms with Crippen LogP contribution in [0.25, 0.3) is 0 Å². The van der Waals surface area contributed by atoms with Crippen LogP contribution < -0.4 is 14.8 Å². The average Bonchev–Trinajstić information content (AvgIpc) is 3.07. The third-order valence-electron chi connectivity index (χ3n) is 3.92. The molecule has 1 fully saturated rings. The van der Waals surface area contributed by atoms with Gasteiger partial charge in [0.15, 0.2) is 23.9 Å². The number of carbonyl (C=O) groups is 1. The topological polar surface area (TPSA) is 136 Å². The van der Waals surface area contributed by atoms with Gasteiger partial charge in [0.25, 0.3) is 0 Å². The van der Waals surface area contributed by atoms with Gasteiger partial charge in [0, 0.05) is 18.9 Å². The maximum atomic E-state index is 12.1. The smallest absolute Gasteiger partial charge is 0.412 e. The Morgan fingerprint density at radius 2 is 2.04 bits per heavy atom. The number of benzene rings is 1. The third-order valence-corrected chi connectivity index (χ3v) is 3.92. The van der Waals surface area contributed by atoms with Crippen LogP contribution >= 0.6 is 0 Å². The molecule has 0 bridgehead atoms. The largest absolute Gasteiger partial charge is 0.454 e. The van der Waals surface area contributed by atoms with Crippen LogP contribution in [-0.2, 0) is 14.2 Å². The Kier molecular flexibility index (Phi) is 5.25. The molecule has 0 saturated carbocycles. The summed E-state index contributed by atoms with van der Waals surface area (Å²) in [6.07, 6.45) is -7.28. The number of hydrogen-bond acceptors (Lipinski definition) is 9. The second-order valence-electron chi connectivity index (χ2n) is 5.51. The van der Waals surface area contributed by atoms with E-state index in [1.54, 1.807) is 18.2 Å². The molecule has 3 rings (SSSR count). The molecular weight excluding hydrogens is 338 g/mol. The van der Waals surface area contributed by atoms with E-state index in [2.05, 4.69) is 5.32 Å². The number of hydrogen-bond donors (Lipinski definition) is 4. The fraction of sp³-hybridized carbons (Fsp3) is 0.533. The highest BCUT2D eigenvalue weighted by molar-refractivity contribution is 5.85. The van der Waals surface area contributed by atoms with Gasteiger partial charge in [0.1, 0.15) is 18.3 Å². The minimum absolute atomic E-state index is 0.103. The molecule has 25 heavy (non-hydrogen) atoms. The summed E-state index contributed by atoms with van der Waals surface area (Å²) in [5, 5.41) is 31.9. The first-order valence-electron chi connectivity index (χ1n) is 7.56. The highest BCUT2D eigenvalue weighted by Gasteiger charge is 2.46. The predicted octanol–water partition coefficient (Wildman–Crippen LogP) is -0.582. The molecule has 1 aromatic rings. The maximum Gasteiger partial charge on any atom is 0.412 e. The predicted molar refractivity (Wildman–Crippen MR) is 81.2 cm³/mol. The van der Waals surface area contributed by atoms with Crippen molar-refractivity contribution in [2.75, 3.05) is 25.8 Å². The van der Waals surface area contributed by atoms with Gasteiger partial charge in [-0.3, -0.25) is 5.32 Å². The number of fused-ring (bicyclic) bond motifs is 1. The zero-order valence-corrected chi connectivity index (χ0v) is 13.3. The fourth-order valence-corrected chi connectivity index (χ4v) is 2.64. The fourth-order valence-electron chi connectivity index (χ4n) is 2.64. The molecule has 1 amide bonds. The van der Waals surface area contributed by atoms with Crippen LogP contribution in [0.2, 0.25) is 0 Å². The molecule has 4 N–H and O–H groups in total. The summed E-state index contributed by atoms with van der Waals surface area (Å²) in [5.74, 6) is 1.04. The van der Waals surface area contributed by atoms with Gasteiger partial charge in [-0.2, -0.15) is 0 Å². The molecule has 10 heteroatoms. The Labute approximate surface area is 142 Å². The van der Waals surface area contributed by atoms with Crippen molar-refractivity contribution in [1.29, 1.82) is 0 Å². The standard InChI is InChI=1S/C15H19NO9/c1-21-14-12(19)11(18)13(10(5-17)24-14)25-15(20)16-7-2-3-8-9(4-7)23-6-22-8/h2-4,10-14,17-19H,5-6H2,1H3,(H,16,20)/t10-,11-,12-,13+,14+/m1/s1. The minimum Gasteiger partial charge on any atom is -0.454 e. The van der Waals surface area contributed by atoms with E-state index in [1.165, 1.54) is 7.11 Å². The van der Waals surface area contributed by atoms with Gasteiger partial charge in [-0.15, -0.1) is 0 Å². The summed E-state index contributed by atoms with van der Waals surface area (Å²) in [7, 11) is 1.28. The Balaban J connectivity index is 1.64. The first-order valence-corrected chi connectivity index (χ1v) is 7.56. The molecule has 1 aromatic carbocycles. The molecule has 2 aliphatic heterocycles. The molecule has 2 aliphatic rings. The summed E-state index contributed by atoms with van der Waals surface area (Å²) >= 11 is 0. The van der Waals surface area contributed by atoms with Crippen LogP contribution in [-0.4, -0.2) is 72.6 Å². The van der Waals surface area contributed by atoms with Crippen molar-refractivity contribution < 1.29 is 43.8 Å². The van der Waals surface area contributed by atoms with Crippen molar-refractivity contribution in [3.8, 4) is 11.5 Å². The van der Waals surface area contributed by atoms with E-state index in [9.17, 15) is 20.1 Å². The number of nitrogens with one attached hydrogen (secondary N) is 1. The van der Waals surface area contributed by atoms with Crippen LogP contribution in [0.5, 0.6) is 11.5 Å². The number of ether oxygens (including phenoxy) is 5. The maximum absolute atomic E-state index is 12.1. The summed E-state index contributed by atoms with van der Waals surface area (Å²) in [6, 6.07) is 4.76. The van der Waals surface area contributed by atoms with E-state index in [-0.39, 0.29) is 6.79 Å². The molecule has 0 aliphatic carbocycles. The van der Waals surface area contributed by atoms with Crippen LogP contribution in [0.1, 0.15) is 0 Å². The van der Waals surface area contributed by atoms with Crippen molar-refractivity contribution in [2.24, 2.45) is 0 Å². The van der Waals surface area contributed by atoms with E-state index in [0.717, 1.165) is 0 Å². The molecule has 0 aromatic heterocycles. The third kappa shape index (κ3) is 3.62. The summed E-state index contributed by atoms with van der Waals surface area (Å²) in [4.78, 5) is 12.1. The number of aliphatic hydroxyl groups excluding tert-OH is 3. The van der Waals surface area contributed by atoms with Crippen molar-refractivity contribution in [3.63, 3.8) is 0 Å². The number of carbonyl (C=O) groups excluding carboxylic acids is 1. The first-order chi connectivity index (χ1) is 12.0. The molecule has 138 valence electrons. The molecule has 1 saturated heterocycles. The second kappa shape index (κ2) is 7.42. The zero-order valence-electron chi connectivity index (χ0n) is 13.3. The molecule has 0 unspecified atom stereocenters. The number of methoxy groups -OCH3 is 1. The molecule has 10 nitrogen and oxygen atoms in total. The van der Waals surface area contributed by atoms with Gasteiger partial charge in [-0.1, -0.05) is 0 Å². The van der Waals surface area contributed by atoms with E-state index in [1.807, 2.05) is 0 Å². The average molecular weight is 357 g/mol. The van der Waals surface area contributed by atoms with Crippen molar-refractivity contribution in [2.45, 2.75) is 30.7 Å². The summed E-state index contributed by atoms with van der Waals surface area (Å²) < 4.78 is 25.6. The Hall–Kier alpha value is -2.11. The van der Waals surface area contributed by atoms with Gasteiger partial charge in [-0.25, -0.2) is 4.79 Å². The van der Waals surface area contributed by atoms with Gasteiger partial charge in [0.2, 0.25) is 6.79 Å². The molecule has 2 heterocycles. The van der Waals surface area contributed by atoms with E-state index < -0.39 is 43.4 Å². The molecule has 0 radical (unpaired) electrons. The van der Waals surface area contributed by atoms with Gasteiger partial charge in [-0.05, 0) is 12.1 Å². The van der Waals surface area contributed by atoms with E-state index in [0.29, 0.717) is 17.2 Å². The van der Waals surface area contributed by atoms with E-state index >= 15 is 0 Å². The van der Waals surface area contributed by atoms with Crippen LogP contribution in [0.3, 0.4) is 0 Å². The number of aliphatic hydroxyl groups is 3. The van der Waals surface area contributed by atoms with Crippen molar-refractivity contribution >= 4 is 11.8 Å². The Bertz CT molecular complexity index is 623. The van der Waals surface area contributed by atoms with Crippen molar-refractivity contribution in [3.05, 3.63) is 18.2 Å². The van der Waals surface area contributed by atoms with Crippen LogP contribution in [0, 0.1) is 0 Å². The quantitative estimate of drug-likeness (QED) is 0.558. The number of amides is 1.